The van der Waals surface area contributed by atoms with Crippen molar-refractivity contribution in [3.63, 3.8) is 0 Å². The fraction of sp³-hybridized carbons (Fsp3) is 1.00. The van der Waals surface area contributed by atoms with Crippen molar-refractivity contribution >= 4 is 35.3 Å². The van der Waals surface area contributed by atoms with E-state index in [0.717, 1.165) is 24.3 Å². The third-order valence-corrected chi connectivity index (χ3v) is 5.28. The summed E-state index contributed by atoms with van der Waals surface area (Å²) in [5.41, 5.74) is 0. The number of hydrogen-bond acceptors (Lipinski definition) is 5. The van der Waals surface area contributed by atoms with E-state index < -0.39 is 0 Å². The number of rotatable bonds is 12. The van der Waals surface area contributed by atoms with Crippen LogP contribution in [0, 0.1) is 0 Å². The lowest BCUT2D eigenvalue weighted by Gasteiger charge is -2.01. The van der Waals surface area contributed by atoms with E-state index in [9.17, 15) is 0 Å². The molecule has 0 rings (SSSR count). The molecule has 0 unspecified atom stereocenters. The van der Waals surface area contributed by atoms with E-state index in [1.165, 1.54) is 23.0 Å². The zero-order valence-corrected chi connectivity index (χ0v) is 11.6. The summed E-state index contributed by atoms with van der Waals surface area (Å²) in [5, 5.41) is 17.1. The van der Waals surface area contributed by atoms with Crippen molar-refractivity contribution in [1.29, 1.82) is 0 Å². The predicted molar refractivity (Wildman–Crippen MR) is 75.4 cm³/mol. The Labute approximate surface area is 106 Å². The molecule has 0 aliphatic carbocycles. The van der Waals surface area contributed by atoms with Gasteiger partial charge in [-0.25, -0.2) is 0 Å². The Morgan fingerprint density at radius 1 is 0.533 bits per heavy atom. The van der Waals surface area contributed by atoms with E-state index >= 15 is 0 Å². The molecule has 0 heterocycles. The van der Waals surface area contributed by atoms with Crippen molar-refractivity contribution in [2.45, 2.75) is 12.8 Å². The van der Waals surface area contributed by atoms with Gasteiger partial charge in [0.25, 0.3) is 0 Å². The molecule has 92 valence electrons. The SMILES string of the molecule is OCCCSCCSCCSCCCO. The molecular formula is C10H22O2S3. The predicted octanol–water partition coefficient (Wildman–Crippen LogP) is 1.95. The first kappa shape index (κ1) is 16.0. The molecule has 0 aromatic rings. The standard InChI is InChI=1S/C10H22O2S3/c11-3-1-5-13-7-9-15-10-8-14-6-2-4-12/h11-12H,1-10H2. The number of aliphatic hydroxyl groups excluding tert-OH is 2. The summed E-state index contributed by atoms with van der Waals surface area (Å²) in [5.74, 6) is 7.01. The molecular weight excluding hydrogens is 248 g/mol. The molecule has 0 atom stereocenters. The quantitative estimate of drug-likeness (QED) is 0.531. The summed E-state index contributed by atoms with van der Waals surface area (Å²) in [6, 6.07) is 0. The second-order valence-corrected chi connectivity index (χ2v) is 6.67. The van der Waals surface area contributed by atoms with E-state index in [-0.39, 0.29) is 0 Å². The van der Waals surface area contributed by atoms with Crippen LogP contribution in [0.15, 0.2) is 0 Å². The van der Waals surface area contributed by atoms with E-state index in [2.05, 4.69) is 0 Å². The summed E-state index contributed by atoms with van der Waals surface area (Å²) in [6.07, 6.45) is 1.85. The molecule has 2 N–H and O–H groups in total. The third kappa shape index (κ3) is 15.0. The molecule has 0 bridgehead atoms. The minimum atomic E-state index is 0.321. The second-order valence-electron chi connectivity index (χ2n) is 2.99. The van der Waals surface area contributed by atoms with Gasteiger partial charge in [-0.3, -0.25) is 0 Å². The Morgan fingerprint density at radius 2 is 0.867 bits per heavy atom. The normalized spacial score (nSPS) is 10.8. The molecule has 0 spiro atoms. The van der Waals surface area contributed by atoms with Crippen LogP contribution < -0.4 is 0 Å². The van der Waals surface area contributed by atoms with E-state index in [1.54, 1.807) is 0 Å². The first-order valence-electron chi connectivity index (χ1n) is 5.36. The lowest BCUT2D eigenvalue weighted by molar-refractivity contribution is 0.296. The van der Waals surface area contributed by atoms with Crippen molar-refractivity contribution in [3.8, 4) is 0 Å². The second kappa shape index (κ2) is 15.0. The maximum Gasteiger partial charge on any atom is 0.0438 e. The van der Waals surface area contributed by atoms with Crippen molar-refractivity contribution < 1.29 is 10.2 Å². The maximum absolute atomic E-state index is 8.57. The zero-order valence-electron chi connectivity index (χ0n) is 9.19. The van der Waals surface area contributed by atoms with E-state index in [1.807, 2.05) is 35.3 Å². The van der Waals surface area contributed by atoms with Gasteiger partial charge in [0, 0.05) is 36.2 Å². The molecule has 15 heavy (non-hydrogen) atoms. The van der Waals surface area contributed by atoms with Crippen molar-refractivity contribution in [2.24, 2.45) is 0 Å². The molecule has 0 radical (unpaired) electrons. The third-order valence-electron chi connectivity index (χ3n) is 1.64. The Hall–Kier alpha value is 0.970. The van der Waals surface area contributed by atoms with Gasteiger partial charge in [0.15, 0.2) is 0 Å². The minimum absolute atomic E-state index is 0.321. The molecule has 0 saturated heterocycles. The van der Waals surface area contributed by atoms with Gasteiger partial charge in [-0.05, 0) is 24.3 Å². The van der Waals surface area contributed by atoms with Gasteiger partial charge in [-0.2, -0.15) is 35.3 Å². The molecule has 5 heteroatoms. The van der Waals surface area contributed by atoms with Crippen molar-refractivity contribution in [2.75, 3.05) is 47.7 Å². The van der Waals surface area contributed by atoms with Gasteiger partial charge in [0.05, 0.1) is 0 Å². The smallest absolute Gasteiger partial charge is 0.0438 e. The Balaban J connectivity index is 2.81. The number of hydrogen-bond donors (Lipinski definition) is 2. The van der Waals surface area contributed by atoms with Crippen LogP contribution in [0.5, 0.6) is 0 Å². The molecule has 2 nitrogen and oxygen atoms in total. The average Bonchev–Trinajstić information content (AvgIpc) is 2.26. The summed E-state index contributed by atoms with van der Waals surface area (Å²) >= 11 is 5.86. The lowest BCUT2D eigenvalue weighted by atomic mass is 10.5. The fourth-order valence-electron chi connectivity index (χ4n) is 0.875. The molecule has 0 aliphatic rings. The van der Waals surface area contributed by atoms with E-state index in [4.69, 9.17) is 10.2 Å². The highest BCUT2D eigenvalue weighted by Crippen LogP contribution is 2.11. The topological polar surface area (TPSA) is 40.5 Å². The lowest BCUT2D eigenvalue weighted by Crippen LogP contribution is -1.93. The molecule has 0 saturated carbocycles. The van der Waals surface area contributed by atoms with Gasteiger partial charge in [-0.1, -0.05) is 0 Å². The maximum atomic E-state index is 8.57. The molecule has 0 amide bonds. The van der Waals surface area contributed by atoms with Crippen LogP contribution in [0.1, 0.15) is 12.8 Å². The summed E-state index contributed by atoms with van der Waals surface area (Å²) in [7, 11) is 0. The van der Waals surface area contributed by atoms with Gasteiger partial charge < -0.3 is 10.2 Å². The molecule has 0 fully saturated rings. The zero-order chi connectivity index (χ0) is 11.2. The highest BCUT2D eigenvalue weighted by atomic mass is 32.2. The summed E-state index contributed by atoms with van der Waals surface area (Å²) in [4.78, 5) is 0. The summed E-state index contributed by atoms with van der Waals surface area (Å²) < 4.78 is 0. The van der Waals surface area contributed by atoms with Gasteiger partial charge in [0.2, 0.25) is 0 Å². The van der Waals surface area contributed by atoms with Crippen LogP contribution in [0.2, 0.25) is 0 Å². The van der Waals surface area contributed by atoms with Crippen LogP contribution in [0.4, 0.5) is 0 Å². The fourth-order valence-corrected chi connectivity index (χ4v) is 4.04. The van der Waals surface area contributed by atoms with Gasteiger partial charge in [0.1, 0.15) is 0 Å². The first-order chi connectivity index (χ1) is 7.41. The number of aliphatic hydroxyl groups is 2. The summed E-state index contributed by atoms with van der Waals surface area (Å²) in [6.45, 7) is 0.642. The minimum Gasteiger partial charge on any atom is -0.396 e. The molecule has 0 aromatic heterocycles. The Kier molecular flexibility index (Phi) is 15.9. The van der Waals surface area contributed by atoms with Crippen LogP contribution >= 0.6 is 35.3 Å². The Morgan fingerprint density at radius 3 is 1.20 bits per heavy atom. The van der Waals surface area contributed by atoms with Crippen LogP contribution in [0.25, 0.3) is 0 Å². The van der Waals surface area contributed by atoms with E-state index in [0.29, 0.717) is 13.2 Å². The van der Waals surface area contributed by atoms with Crippen LogP contribution in [0.3, 0.4) is 0 Å². The van der Waals surface area contributed by atoms with Crippen LogP contribution in [-0.2, 0) is 0 Å². The van der Waals surface area contributed by atoms with Crippen molar-refractivity contribution in [1.82, 2.24) is 0 Å². The van der Waals surface area contributed by atoms with Crippen molar-refractivity contribution in [3.05, 3.63) is 0 Å². The number of thioether (sulfide) groups is 3. The van der Waals surface area contributed by atoms with Gasteiger partial charge in [-0.15, -0.1) is 0 Å². The molecule has 0 aromatic carbocycles. The highest BCUT2D eigenvalue weighted by molar-refractivity contribution is 8.04. The average molecular weight is 270 g/mol. The Bertz CT molecular complexity index is 103. The highest BCUT2D eigenvalue weighted by Gasteiger charge is 1.92. The molecule has 0 aliphatic heterocycles. The monoisotopic (exact) mass is 270 g/mol. The first-order valence-corrected chi connectivity index (χ1v) is 8.83. The van der Waals surface area contributed by atoms with Crippen LogP contribution in [-0.4, -0.2) is 57.9 Å². The van der Waals surface area contributed by atoms with Gasteiger partial charge >= 0.3 is 0 Å². The largest absolute Gasteiger partial charge is 0.396 e.